The van der Waals surface area contributed by atoms with E-state index in [1.54, 1.807) is 11.8 Å². The number of nitrogens with two attached hydrogens (primary N) is 1. The molecule has 2 nitrogen and oxygen atoms in total. The molecule has 0 bridgehead atoms. The molecule has 0 saturated carbocycles. The second kappa shape index (κ2) is 5.03. The molecule has 0 amide bonds. The van der Waals surface area contributed by atoms with Gasteiger partial charge in [-0.2, -0.15) is 0 Å². The highest BCUT2D eigenvalue weighted by molar-refractivity contribution is 7.98. The minimum absolute atomic E-state index is 0.762. The van der Waals surface area contributed by atoms with Crippen molar-refractivity contribution in [1.29, 1.82) is 0 Å². The maximum Gasteiger partial charge on any atom is 0.0602 e. The van der Waals surface area contributed by atoms with Crippen molar-refractivity contribution in [2.24, 2.45) is 0 Å². The number of pyridine rings is 1. The Balaban J connectivity index is 2.03. The Morgan fingerprint density at radius 1 is 1.25 bits per heavy atom. The average molecular weight is 230 g/mol. The highest BCUT2D eigenvalue weighted by Crippen LogP contribution is 2.24. The largest absolute Gasteiger partial charge is 0.397 e. The lowest BCUT2D eigenvalue weighted by atomic mass is 10.2. The number of rotatable bonds is 3. The van der Waals surface area contributed by atoms with Crippen molar-refractivity contribution in [2.75, 3.05) is 5.73 Å². The smallest absolute Gasteiger partial charge is 0.0602 e. The molecule has 1 aromatic heterocycles. The van der Waals surface area contributed by atoms with Crippen molar-refractivity contribution in [2.45, 2.75) is 17.6 Å². The van der Waals surface area contributed by atoms with E-state index in [0.717, 1.165) is 22.0 Å². The molecule has 0 atom stereocenters. The van der Waals surface area contributed by atoms with Gasteiger partial charge in [0, 0.05) is 16.8 Å². The highest BCUT2D eigenvalue weighted by atomic mass is 32.2. The first kappa shape index (κ1) is 11.0. The fourth-order valence-electron chi connectivity index (χ4n) is 1.35. The molecular weight excluding hydrogens is 216 g/mol. The molecule has 1 heterocycles. The summed E-state index contributed by atoms with van der Waals surface area (Å²) in [5.41, 5.74) is 8.78. The van der Waals surface area contributed by atoms with E-state index in [2.05, 4.69) is 29.2 Å². The second-order valence-electron chi connectivity index (χ2n) is 3.62. The summed E-state index contributed by atoms with van der Waals surface area (Å²) in [6.45, 7) is 1.92. The SMILES string of the molecule is Cc1ncc(SCc2ccccc2)cc1N. The molecule has 2 rings (SSSR count). The van der Waals surface area contributed by atoms with Crippen molar-refractivity contribution in [3.05, 3.63) is 53.9 Å². The van der Waals surface area contributed by atoms with Crippen molar-refractivity contribution < 1.29 is 0 Å². The van der Waals surface area contributed by atoms with Gasteiger partial charge in [0.25, 0.3) is 0 Å². The Kier molecular flexibility index (Phi) is 3.47. The van der Waals surface area contributed by atoms with Crippen LogP contribution in [0.5, 0.6) is 0 Å². The molecule has 0 aliphatic heterocycles. The van der Waals surface area contributed by atoms with E-state index in [0.29, 0.717) is 0 Å². The summed E-state index contributed by atoms with van der Waals surface area (Å²) in [4.78, 5) is 5.36. The monoisotopic (exact) mass is 230 g/mol. The Hall–Kier alpha value is -1.48. The van der Waals surface area contributed by atoms with Crippen LogP contribution in [-0.4, -0.2) is 4.98 Å². The summed E-state index contributed by atoms with van der Waals surface area (Å²) in [6.07, 6.45) is 1.87. The van der Waals surface area contributed by atoms with Gasteiger partial charge in [-0.1, -0.05) is 30.3 Å². The maximum absolute atomic E-state index is 5.81. The van der Waals surface area contributed by atoms with Gasteiger partial charge in [-0.3, -0.25) is 4.98 Å². The zero-order valence-electron chi connectivity index (χ0n) is 9.18. The molecule has 3 heteroatoms. The van der Waals surface area contributed by atoms with Crippen LogP contribution in [0.3, 0.4) is 0 Å². The van der Waals surface area contributed by atoms with Crippen LogP contribution in [0.4, 0.5) is 5.69 Å². The molecule has 2 N–H and O–H groups in total. The lowest BCUT2D eigenvalue weighted by Gasteiger charge is -2.04. The van der Waals surface area contributed by atoms with Crippen LogP contribution in [0.1, 0.15) is 11.3 Å². The Morgan fingerprint density at radius 2 is 2.00 bits per heavy atom. The van der Waals surface area contributed by atoms with Gasteiger partial charge in [-0.15, -0.1) is 11.8 Å². The fraction of sp³-hybridized carbons (Fsp3) is 0.154. The molecular formula is C13H14N2S. The van der Waals surface area contributed by atoms with Gasteiger partial charge in [-0.05, 0) is 18.6 Å². The van der Waals surface area contributed by atoms with Gasteiger partial charge in [-0.25, -0.2) is 0 Å². The summed E-state index contributed by atoms with van der Waals surface area (Å²) >= 11 is 1.75. The third kappa shape index (κ3) is 2.76. The Labute approximate surface area is 99.9 Å². The summed E-state index contributed by atoms with van der Waals surface area (Å²) in [7, 11) is 0. The summed E-state index contributed by atoms with van der Waals surface area (Å²) in [5, 5.41) is 0. The van der Waals surface area contributed by atoms with E-state index in [4.69, 9.17) is 5.73 Å². The first-order chi connectivity index (χ1) is 7.75. The minimum atomic E-state index is 0.762. The number of benzene rings is 1. The number of aryl methyl sites for hydroxylation is 1. The lowest BCUT2D eigenvalue weighted by molar-refractivity contribution is 1.15. The average Bonchev–Trinajstić information content (AvgIpc) is 2.32. The maximum atomic E-state index is 5.81. The quantitative estimate of drug-likeness (QED) is 0.822. The molecule has 1 aromatic carbocycles. The van der Waals surface area contributed by atoms with Crippen molar-refractivity contribution in [1.82, 2.24) is 4.98 Å². The molecule has 0 spiro atoms. The normalized spacial score (nSPS) is 10.3. The lowest BCUT2D eigenvalue weighted by Crippen LogP contribution is -1.92. The molecule has 0 aliphatic carbocycles. The van der Waals surface area contributed by atoms with Crippen molar-refractivity contribution >= 4 is 17.4 Å². The summed E-state index contributed by atoms with van der Waals surface area (Å²) in [5.74, 6) is 0.949. The third-order valence-corrected chi connectivity index (χ3v) is 3.38. The molecule has 0 unspecified atom stereocenters. The predicted octanol–water partition coefficient (Wildman–Crippen LogP) is 3.26. The van der Waals surface area contributed by atoms with E-state index in [-0.39, 0.29) is 0 Å². The first-order valence-corrected chi connectivity index (χ1v) is 6.13. The second-order valence-corrected chi connectivity index (χ2v) is 4.67. The minimum Gasteiger partial charge on any atom is -0.397 e. The number of aromatic nitrogens is 1. The topological polar surface area (TPSA) is 38.9 Å². The van der Waals surface area contributed by atoms with Crippen molar-refractivity contribution in [3.63, 3.8) is 0 Å². The predicted molar refractivity (Wildman–Crippen MR) is 69.4 cm³/mol. The summed E-state index contributed by atoms with van der Waals surface area (Å²) < 4.78 is 0. The van der Waals surface area contributed by atoms with Crippen LogP contribution < -0.4 is 5.73 Å². The Morgan fingerprint density at radius 3 is 2.69 bits per heavy atom. The number of anilines is 1. The van der Waals surface area contributed by atoms with E-state index in [1.165, 1.54) is 5.56 Å². The van der Waals surface area contributed by atoms with Crippen LogP contribution in [0, 0.1) is 6.92 Å². The van der Waals surface area contributed by atoms with Gasteiger partial charge >= 0.3 is 0 Å². The van der Waals surface area contributed by atoms with Crippen LogP contribution in [0.15, 0.2) is 47.5 Å². The highest BCUT2D eigenvalue weighted by Gasteiger charge is 1.99. The van der Waals surface area contributed by atoms with Crippen LogP contribution >= 0.6 is 11.8 Å². The van der Waals surface area contributed by atoms with E-state index in [1.807, 2.05) is 25.3 Å². The van der Waals surface area contributed by atoms with Gasteiger partial charge < -0.3 is 5.73 Å². The number of nitrogens with zero attached hydrogens (tertiary/aromatic N) is 1. The van der Waals surface area contributed by atoms with Crippen LogP contribution in [-0.2, 0) is 5.75 Å². The molecule has 0 fully saturated rings. The number of nitrogen functional groups attached to an aromatic ring is 1. The third-order valence-electron chi connectivity index (χ3n) is 2.35. The molecule has 82 valence electrons. The molecule has 0 saturated heterocycles. The summed E-state index contributed by atoms with van der Waals surface area (Å²) in [6, 6.07) is 12.4. The Bertz CT molecular complexity index is 469. The zero-order chi connectivity index (χ0) is 11.4. The molecule has 16 heavy (non-hydrogen) atoms. The number of thioether (sulfide) groups is 1. The van der Waals surface area contributed by atoms with Gasteiger partial charge in [0.15, 0.2) is 0 Å². The zero-order valence-corrected chi connectivity index (χ0v) is 10.00. The number of hydrogen-bond acceptors (Lipinski definition) is 3. The van der Waals surface area contributed by atoms with Crippen LogP contribution in [0.25, 0.3) is 0 Å². The van der Waals surface area contributed by atoms with Crippen LogP contribution in [0.2, 0.25) is 0 Å². The van der Waals surface area contributed by atoms with Gasteiger partial charge in [0.2, 0.25) is 0 Å². The van der Waals surface area contributed by atoms with Crippen molar-refractivity contribution in [3.8, 4) is 0 Å². The van der Waals surface area contributed by atoms with E-state index >= 15 is 0 Å². The molecule has 0 radical (unpaired) electrons. The standard InChI is InChI=1S/C13H14N2S/c1-10-13(14)7-12(8-15-10)16-9-11-5-3-2-4-6-11/h2-8H,9,14H2,1H3. The first-order valence-electron chi connectivity index (χ1n) is 5.14. The molecule has 2 aromatic rings. The van der Waals surface area contributed by atoms with Gasteiger partial charge in [0.05, 0.1) is 11.4 Å². The fourth-order valence-corrected chi connectivity index (χ4v) is 2.21. The molecule has 0 aliphatic rings. The van der Waals surface area contributed by atoms with Gasteiger partial charge in [0.1, 0.15) is 0 Å². The number of hydrogen-bond donors (Lipinski definition) is 1. The van der Waals surface area contributed by atoms with E-state index < -0.39 is 0 Å². The van der Waals surface area contributed by atoms with E-state index in [9.17, 15) is 0 Å².